The monoisotopic (exact) mass is 438 g/mol. The van der Waals surface area contributed by atoms with Gasteiger partial charge in [-0.05, 0) is 29.8 Å². The molecular formula is C22H19ClN4O4. The van der Waals surface area contributed by atoms with E-state index in [0.717, 1.165) is 10.1 Å². The van der Waals surface area contributed by atoms with E-state index in [-0.39, 0.29) is 29.5 Å². The first-order chi connectivity index (χ1) is 14.8. The van der Waals surface area contributed by atoms with Crippen LogP contribution in [0.3, 0.4) is 0 Å². The van der Waals surface area contributed by atoms with Crippen LogP contribution >= 0.6 is 11.6 Å². The number of fused-ring (bicyclic) bond motifs is 1. The van der Waals surface area contributed by atoms with E-state index in [2.05, 4.69) is 4.98 Å². The molecule has 0 aliphatic rings. The zero-order chi connectivity index (χ0) is 22.3. The highest BCUT2D eigenvalue weighted by atomic mass is 35.5. The largest absolute Gasteiger partial charge is 0.468 e. The summed E-state index contributed by atoms with van der Waals surface area (Å²) in [5.41, 5.74) is 1.51. The predicted molar refractivity (Wildman–Crippen MR) is 117 cm³/mol. The molecule has 0 unspecified atom stereocenters. The number of benzene rings is 2. The number of ether oxygens (including phenoxy) is 1. The number of methoxy groups -OCH3 is 1. The summed E-state index contributed by atoms with van der Waals surface area (Å²) in [6.07, 6.45) is 0. The summed E-state index contributed by atoms with van der Waals surface area (Å²) in [6.45, 7) is 0.280. The van der Waals surface area contributed by atoms with E-state index in [1.54, 1.807) is 60.1 Å². The van der Waals surface area contributed by atoms with Crippen LogP contribution in [-0.4, -0.2) is 31.6 Å². The molecule has 31 heavy (non-hydrogen) atoms. The van der Waals surface area contributed by atoms with Crippen molar-refractivity contribution in [3.8, 4) is 6.01 Å². The van der Waals surface area contributed by atoms with Gasteiger partial charge in [0.05, 0.1) is 13.7 Å². The summed E-state index contributed by atoms with van der Waals surface area (Å²) in [6, 6.07) is 14.0. The van der Waals surface area contributed by atoms with E-state index in [0.29, 0.717) is 16.1 Å². The van der Waals surface area contributed by atoms with Gasteiger partial charge in [-0.1, -0.05) is 35.9 Å². The number of aryl methyl sites for hydroxylation is 1. The van der Waals surface area contributed by atoms with Crippen molar-refractivity contribution in [1.29, 1.82) is 0 Å². The van der Waals surface area contributed by atoms with Crippen molar-refractivity contribution in [3.63, 3.8) is 0 Å². The van der Waals surface area contributed by atoms with Crippen molar-refractivity contribution in [3.05, 3.63) is 91.1 Å². The molecule has 158 valence electrons. The molecule has 0 bridgehead atoms. The Morgan fingerprint density at radius 1 is 0.968 bits per heavy atom. The van der Waals surface area contributed by atoms with Crippen LogP contribution < -0.4 is 16.0 Å². The molecule has 2 aromatic carbocycles. The Bertz CT molecular complexity index is 1410. The topological polar surface area (TPSA) is 88.1 Å². The van der Waals surface area contributed by atoms with Crippen molar-refractivity contribution in [2.75, 3.05) is 7.11 Å². The highest BCUT2D eigenvalue weighted by Crippen LogP contribution is 2.20. The van der Waals surface area contributed by atoms with Crippen molar-refractivity contribution in [2.24, 2.45) is 14.1 Å². The minimum atomic E-state index is -0.463. The SMILES string of the molecule is COc1nc2c(c(=O)n(C)c(=O)n2C)n1Cc1ccc(C(=O)c2ccc(Cl)cc2)cc1. The predicted octanol–water partition coefficient (Wildman–Crippen LogP) is 2.38. The van der Waals surface area contributed by atoms with Crippen molar-refractivity contribution < 1.29 is 9.53 Å². The third kappa shape index (κ3) is 3.55. The zero-order valence-electron chi connectivity index (χ0n) is 17.1. The molecule has 9 heteroatoms. The van der Waals surface area contributed by atoms with Crippen LogP contribution in [0.25, 0.3) is 11.2 Å². The zero-order valence-corrected chi connectivity index (χ0v) is 17.9. The minimum absolute atomic E-state index is 0.113. The van der Waals surface area contributed by atoms with E-state index < -0.39 is 11.2 Å². The Balaban J connectivity index is 1.71. The van der Waals surface area contributed by atoms with Gasteiger partial charge in [0.15, 0.2) is 16.9 Å². The summed E-state index contributed by atoms with van der Waals surface area (Å²) in [5, 5.41) is 0.567. The first kappa shape index (κ1) is 20.6. The number of halogens is 1. The van der Waals surface area contributed by atoms with Gasteiger partial charge in [0.2, 0.25) is 0 Å². The molecule has 0 amide bonds. The number of rotatable bonds is 5. The van der Waals surface area contributed by atoms with Gasteiger partial charge in [-0.15, -0.1) is 0 Å². The summed E-state index contributed by atoms with van der Waals surface area (Å²) in [7, 11) is 4.43. The number of imidazole rings is 1. The van der Waals surface area contributed by atoms with Gasteiger partial charge >= 0.3 is 5.69 Å². The Kier molecular flexibility index (Phi) is 5.24. The number of hydrogen-bond donors (Lipinski definition) is 0. The molecule has 0 radical (unpaired) electrons. The maximum atomic E-state index is 12.7. The molecule has 0 fully saturated rings. The van der Waals surface area contributed by atoms with Gasteiger partial charge in [0.25, 0.3) is 11.6 Å². The number of carbonyl (C=O) groups is 1. The smallest absolute Gasteiger partial charge is 0.332 e. The maximum Gasteiger partial charge on any atom is 0.332 e. The lowest BCUT2D eigenvalue weighted by molar-refractivity contribution is 0.103. The van der Waals surface area contributed by atoms with Gasteiger partial charge in [-0.2, -0.15) is 4.98 Å². The number of hydrogen-bond acceptors (Lipinski definition) is 5. The Morgan fingerprint density at radius 2 is 1.55 bits per heavy atom. The average Bonchev–Trinajstić information content (AvgIpc) is 3.15. The highest BCUT2D eigenvalue weighted by Gasteiger charge is 2.20. The van der Waals surface area contributed by atoms with Crippen LogP contribution in [0.2, 0.25) is 5.02 Å². The number of nitrogens with zero attached hydrogens (tertiary/aromatic N) is 4. The molecule has 2 heterocycles. The summed E-state index contributed by atoms with van der Waals surface area (Å²) in [4.78, 5) is 41.9. The Labute approximate surface area is 181 Å². The van der Waals surface area contributed by atoms with E-state index in [4.69, 9.17) is 16.3 Å². The van der Waals surface area contributed by atoms with Crippen molar-refractivity contribution in [2.45, 2.75) is 6.54 Å². The second-order valence-corrected chi connectivity index (χ2v) is 7.53. The molecule has 2 aromatic heterocycles. The van der Waals surface area contributed by atoms with Crippen molar-refractivity contribution in [1.82, 2.24) is 18.7 Å². The second-order valence-electron chi connectivity index (χ2n) is 7.10. The first-order valence-corrected chi connectivity index (χ1v) is 9.79. The van der Waals surface area contributed by atoms with Crippen LogP contribution in [0.4, 0.5) is 0 Å². The molecule has 4 rings (SSSR count). The lowest BCUT2D eigenvalue weighted by Crippen LogP contribution is -2.37. The normalized spacial score (nSPS) is 11.1. The highest BCUT2D eigenvalue weighted by molar-refractivity contribution is 6.30. The van der Waals surface area contributed by atoms with Crippen LogP contribution in [0.15, 0.2) is 58.1 Å². The van der Waals surface area contributed by atoms with Crippen LogP contribution in [-0.2, 0) is 20.6 Å². The molecular weight excluding hydrogens is 420 g/mol. The van der Waals surface area contributed by atoms with Gasteiger partial charge < -0.3 is 4.74 Å². The van der Waals surface area contributed by atoms with E-state index in [9.17, 15) is 14.4 Å². The van der Waals surface area contributed by atoms with E-state index in [1.807, 2.05) is 0 Å². The van der Waals surface area contributed by atoms with Crippen molar-refractivity contribution >= 4 is 28.5 Å². The molecule has 0 saturated heterocycles. The molecule has 0 aliphatic carbocycles. The molecule has 8 nitrogen and oxygen atoms in total. The molecule has 0 N–H and O–H groups in total. The van der Waals surface area contributed by atoms with E-state index >= 15 is 0 Å². The number of carbonyl (C=O) groups excluding carboxylic acids is 1. The third-order valence-corrected chi connectivity index (χ3v) is 5.41. The minimum Gasteiger partial charge on any atom is -0.468 e. The number of ketones is 1. The van der Waals surface area contributed by atoms with Gasteiger partial charge in [-0.25, -0.2) is 4.79 Å². The lowest BCUT2D eigenvalue weighted by atomic mass is 10.0. The Hall–Kier alpha value is -3.65. The van der Waals surface area contributed by atoms with Crippen LogP contribution in [0.5, 0.6) is 6.01 Å². The molecule has 4 aromatic rings. The van der Waals surface area contributed by atoms with Gasteiger partial charge in [-0.3, -0.25) is 23.3 Å². The fourth-order valence-corrected chi connectivity index (χ4v) is 3.57. The molecule has 0 spiro atoms. The summed E-state index contributed by atoms with van der Waals surface area (Å²) in [5.74, 6) is -0.113. The molecule has 0 saturated carbocycles. The van der Waals surface area contributed by atoms with E-state index in [1.165, 1.54) is 18.7 Å². The second kappa shape index (κ2) is 7.88. The third-order valence-electron chi connectivity index (χ3n) is 5.16. The molecule has 0 aliphatic heterocycles. The van der Waals surface area contributed by atoms with Crippen LogP contribution in [0, 0.1) is 0 Å². The quantitative estimate of drug-likeness (QED) is 0.446. The Morgan fingerprint density at radius 3 is 2.13 bits per heavy atom. The number of aromatic nitrogens is 4. The summed E-state index contributed by atoms with van der Waals surface area (Å²) < 4.78 is 9.31. The maximum absolute atomic E-state index is 12.7. The fourth-order valence-electron chi connectivity index (χ4n) is 3.44. The summed E-state index contributed by atoms with van der Waals surface area (Å²) >= 11 is 5.88. The fraction of sp³-hybridized carbons (Fsp3) is 0.182. The standard InChI is InChI=1S/C22H19ClN4O4/c1-25-19-17(20(29)26(2)22(25)30)27(21(24-19)31-3)12-13-4-6-14(7-5-13)18(28)15-8-10-16(23)11-9-15/h4-11H,12H2,1-3H3. The van der Waals surface area contributed by atoms with Gasteiger partial charge in [0, 0.05) is 30.2 Å². The van der Waals surface area contributed by atoms with Crippen LogP contribution in [0.1, 0.15) is 21.5 Å². The molecule has 0 atom stereocenters. The van der Waals surface area contributed by atoms with Gasteiger partial charge in [0.1, 0.15) is 0 Å². The lowest BCUT2D eigenvalue weighted by Gasteiger charge is -2.09. The average molecular weight is 439 g/mol. The first-order valence-electron chi connectivity index (χ1n) is 9.41.